The summed E-state index contributed by atoms with van der Waals surface area (Å²) in [6.45, 7) is 2.50. The average molecular weight is 389 g/mol. The highest BCUT2D eigenvalue weighted by molar-refractivity contribution is 5.88. The van der Waals surface area contributed by atoms with Crippen molar-refractivity contribution in [1.29, 1.82) is 0 Å². The number of benzene rings is 2. The Balaban J connectivity index is 0.000000243. The van der Waals surface area contributed by atoms with Gasteiger partial charge < -0.3 is 25.7 Å². The highest BCUT2D eigenvalue weighted by Crippen LogP contribution is 2.17. The summed E-state index contributed by atoms with van der Waals surface area (Å²) in [4.78, 5) is 30.5. The van der Waals surface area contributed by atoms with Crippen molar-refractivity contribution in [1.82, 2.24) is 5.32 Å². The van der Waals surface area contributed by atoms with E-state index in [1.807, 2.05) is 12.1 Å². The number of carboxylic acid groups (broad SMARTS) is 3. The van der Waals surface area contributed by atoms with E-state index in [1.165, 1.54) is 24.2 Å². The van der Waals surface area contributed by atoms with Crippen LogP contribution in [0.25, 0.3) is 11.1 Å². The SMILES string of the molecule is C1CN1.O=C(O)CC(O)(CC(=O)O)C(=O)O.c1ccc(-c2ccccc2)cc1. The van der Waals surface area contributed by atoms with Gasteiger partial charge in [-0.25, -0.2) is 4.79 Å². The second-order valence-electron chi connectivity index (χ2n) is 5.96. The van der Waals surface area contributed by atoms with Crippen molar-refractivity contribution in [3.8, 4) is 11.1 Å². The third-order valence-corrected chi connectivity index (χ3v) is 3.42. The normalized spacial score (nSPS) is 11.8. The van der Waals surface area contributed by atoms with Gasteiger partial charge in [0.25, 0.3) is 0 Å². The van der Waals surface area contributed by atoms with Gasteiger partial charge in [-0.15, -0.1) is 0 Å². The van der Waals surface area contributed by atoms with E-state index in [0.29, 0.717) is 0 Å². The number of hydrogen-bond donors (Lipinski definition) is 5. The molecule has 5 N–H and O–H groups in total. The fourth-order valence-electron chi connectivity index (χ4n) is 1.98. The van der Waals surface area contributed by atoms with Gasteiger partial charge in [0.15, 0.2) is 5.60 Å². The number of aliphatic hydroxyl groups is 1. The molecular formula is C20H23NO7. The lowest BCUT2D eigenvalue weighted by atomic mass is 9.96. The first-order valence-corrected chi connectivity index (χ1v) is 8.45. The summed E-state index contributed by atoms with van der Waals surface area (Å²) >= 11 is 0. The molecule has 2 aromatic carbocycles. The molecule has 0 atom stereocenters. The van der Waals surface area contributed by atoms with Crippen molar-refractivity contribution < 1.29 is 34.8 Å². The third kappa shape index (κ3) is 9.46. The predicted molar refractivity (Wildman–Crippen MR) is 102 cm³/mol. The van der Waals surface area contributed by atoms with Crippen molar-refractivity contribution in [2.24, 2.45) is 0 Å². The Labute approximate surface area is 162 Å². The van der Waals surface area contributed by atoms with Gasteiger partial charge in [0.2, 0.25) is 0 Å². The minimum Gasteiger partial charge on any atom is -0.481 e. The Morgan fingerprint density at radius 1 is 0.750 bits per heavy atom. The number of carbonyl (C=O) groups is 3. The molecule has 150 valence electrons. The molecule has 3 rings (SSSR count). The molecule has 0 aliphatic carbocycles. The van der Waals surface area contributed by atoms with Crippen LogP contribution in [0.15, 0.2) is 60.7 Å². The zero-order valence-corrected chi connectivity index (χ0v) is 15.1. The third-order valence-electron chi connectivity index (χ3n) is 3.42. The molecule has 1 fully saturated rings. The quantitative estimate of drug-likeness (QED) is 0.468. The summed E-state index contributed by atoms with van der Waals surface area (Å²) in [5.41, 5.74) is -0.186. The standard InChI is InChI=1S/C12H10.C6H8O7.C2H5N/c1-3-7-11(8-4-1)12-9-5-2-6-10-12;7-3(8)1-6(13,5(11)12)2-4(9)10;1-2-3-1/h1-10H;13H,1-2H2,(H,7,8)(H,9,10)(H,11,12);3H,1-2H2. The summed E-state index contributed by atoms with van der Waals surface area (Å²) < 4.78 is 0. The molecule has 0 amide bonds. The highest BCUT2D eigenvalue weighted by Gasteiger charge is 2.40. The maximum atomic E-state index is 10.3. The van der Waals surface area contributed by atoms with Crippen molar-refractivity contribution in [3.63, 3.8) is 0 Å². The lowest BCUT2D eigenvalue weighted by Gasteiger charge is -2.18. The van der Waals surface area contributed by atoms with Gasteiger partial charge in [0.05, 0.1) is 12.8 Å². The lowest BCUT2D eigenvalue weighted by Crippen LogP contribution is -2.42. The van der Waals surface area contributed by atoms with Crippen LogP contribution in [0.1, 0.15) is 12.8 Å². The first kappa shape index (κ1) is 22.8. The van der Waals surface area contributed by atoms with Gasteiger partial charge in [-0.2, -0.15) is 0 Å². The monoisotopic (exact) mass is 389 g/mol. The van der Waals surface area contributed by atoms with Crippen LogP contribution < -0.4 is 5.32 Å². The van der Waals surface area contributed by atoms with Crippen molar-refractivity contribution >= 4 is 17.9 Å². The van der Waals surface area contributed by atoms with E-state index in [1.54, 1.807) is 0 Å². The van der Waals surface area contributed by atoms with E-state index in [4.69, 9.17) is 20.4 Å². The molecule has 1 aliphatic rings. The van der Waals surface area contributed by atoms with Gasteiger partial charge in [0.1, 0.15) is 0 Å². The first-order chi connectivity index (χ1) is 13.2. The largest absolute Gasteiger partial charge is 0.481 e. The molecule has 0 radical (unpaired) electrons. The fourth-order valence-corrected chi connectivity index (χ4v) is 1.98. The molecule has 0 spiro atoms. The van der Waals surface area contributed by atoms with Crippen LogP contribution in [-0.2, 0) is 14.4 Å². The molecule has 1 heterocycles. The Morgan fingerprint density at radius 2 is 1.07 bits per heavy atom. The summed E-state index contributed by atoms with van der Waals surface area (Å²) in [5, 5.41) is 36.8. The van der Waals surface area contributed by atoms with E-state index in [2.05, 4.69) is 53.8 Å². The fraction of sp³-hybridized carbons (Fsp3) is 0.250. The summed E-state index contributed by atoms with van der Waals surface area (Å²) in [6, 6.07) is 20.8. The number of nitrogens with one attached hydrogen (secondary N) is 1. The number of rotatable bonds is 6. The number of aliphatic carboxylic acids is 3. The van der Waals surface area contributed by atoms with Gasteiger partial charge in [-0.3, -0.25) is 9.59 Å². The smallest absolute Gasteiger partial charge is 0.336 e. The van der Waals surface area contributed by atoms with Crippen molar-refractivity contribution in [2.45, 2.75) is 18.4 Å². The topological polar surface area (TPSA) is 154 Å². The second kappa shape index (κ2) is 11.5. The Hall–Kier alpha value is -3.23. The maximum Gasteiger partial charge on any atom is 0.336 e. The molecule has 1 aliphatic heterocycles. The number of hydrogen-bond acceptors (Lipinski definition) is 5. The minimum absolute atomic E-state index is 1.14. The summed E-state index contributed by atoms with van der Waals surface area (Å²) in [7, 11) is 0. The second-order valence-corrected chi connectivity index (χ2v) is 5.96. The summed E-state index contributed by atoms with van der Waals surface area (Å²) in [6.07, 6.45) is -2.29. The molecule has 0 unspecified atom stereocenters. The zero-order valence-electron chi connectivity index (χ0n) is 15.1. The molecule has 1 saturated heterocycles. The van der Waals surface area contributed by atoms with Crippen molar-refractivity contribution in [2.75, 3.05) is 13.1 Å². The highest BCUT2D eigenvalue weighted by atomic mass is 16.4. The molecule has 0 aromatic heterocycles. The van der Waals surface area contributed by atoms with Crippen LogP contribution in [0.5, 0.6) is 0 Å². The van der Waals surface area contributed by atoms with Gasteiger partial charge in [0, 0.05) is 13.1 Å². The predicted octanol–water partition coefficient (Wildman–Crippen LogP) is 1.69. The Morgan fingerprint density at radius 3 is 1.29 bits per heavy atom. The molecular weight excluding hydrogens is 366 g/mol. The molecule has 0 saturated carbocycles. The zero-order chi connectivity index (χ0) is 21.0. The lowest BCUT2D eigenvalue weighted by molar-refractivity contribution is -0.170. The van der Waals surface area contributed by atoms with E-state index in [9.17, 15) is 14.4 Å². The average Bonchev–Trinajstić information content (AvgIpc) is 3.51. The van der Waals surface area contributed by atoms with Crippen LogP contribution in [-0.4, -0.2) is 57.0 Å². The van der Waals surface area contributed by atoms with E-state index < -0.39 is 36.4 Å². The van der Waals surface area contributed by atoms with Crippen LogP contribution in [0.3, 0.4) is 0 Å². The van der Waals surface area contributed by atoms with Gasteiger partial charge >= 0.3 is 17.9 Å². The van der Waals surface area contributed by atoms with Crippen LogP contribution >= 0.6 is 0 Å². The van der Waals surface area contributed by atoms with Gasteiger partial charge in [-0.1, -0.05) is 60.7 Å². The number of carboxylic acids is 3. The van der Waals surface area contributed by atoms with Crippen LogP contribution in [0.2, 0.25) is 0 Å². The van der Waals surface area contributed by atoms with E-state index >= 15 is 0 Å². The van der Waals surface area contributed by atoms with Crippen LogP contribution in [0.4, 0.5) is 0 Å². The van der Waals surface area contributed by atoms with Gasteiger partial charge in [-0.05, 0) is 11.1 Å². The maximum absolute atomic E-state index is 10.3. The molecule has 0 bridgehead atoms. The minimum atomic E-state index is -2.74. The molecule has 8 nitrogen and oxygen atoms in total. The molecule has 28 heavy (non-hydrogen) atoms. The van der Waals surface area contributed by atoms with Crippen LogP contribution in [0, 0.1) is 0 Å². The Bertz CT molecular complexity index is 704. The van der Waals surface area contributed by atoms with Crippen molar-refractivity contribution in [3.05, 3.63) is 60.7 Å². The van der Waals surface area contributed by atoms with E-state index in [0.717, 1.165) is 0 Å². The van der Waals surface area contributed by atoms with E-state index in [-0.39, 0.29) is 0 Å². The molecule has 2 aromatic rings. The Kier molecular flexibility index (Phi) is 9.35. The summed E-state index contributed by atoms with van der Waals surface area (Å²) in [5.74, 6) is -5.02. The molecule has 8 heteroatoms. The first-order valence-electron chi connectivity index (χ1n) is 8.45.